The second kappa shape index (κ2) is 5.58. The lowest BCUT2D eigenvalue weighted by Gasteiger charge is -2.20. The Morgan fingerprint density at radius 3 is 2.35 bits per heavy atom. The lowest BCUT2D eigenvalue weighted by molar-refractivity contribution is -0.141. The van der Waals surface area contributed by atoms with Crippen LogP contribution in [0.5, 0.6) is 0 Å². The molecule has 3 nitrogen and oxygen atoms in total. The van der Waals surface area contributed by atoms with E-state index in [0.29, 0.717) is 23.6 Å². The van der Waals surface area contributed by atoms with Gasteiger partial charge in [-0.1, -0.05) is 27.2 Å². The SMILES string of the molecule is CC[C@H]1CN(c2cnc(C(F)(F)F)cn2)C[C@H]1C(C)C. The predicted octanol–water partition coefficient (Wildman–Crippen LogP) is 3.61. The number of nitrogens with zero attached hydrogens (tertiary/aromatic N) is 3. The van der Waals surface area contributed by atoms with Crippen molar-refractivity contribution in [1.29, 1.82) is 0 Å². The van der Waals surface area contributed by atoms with Crippen LogP contribution < -0.4 is 4.90 Å². The van der Waals surface area contributed by atoms with E-state index in [9.17, 15) is 13.2 Å². The third kappa shape index (κ3) is 3.04. The van der Waals surface area contributed by atoms with Crippen LogP contribution in [0.4, 0.5) is 19.0 Å². The molecule has 1 saturated heterocycles. The second-order valence-electron chi connectivity index (χ2n) is 5.74. The van der Waals surface area contributed by atoms with Gasteiger partial charge in [0.2, 0.25) is 0 Å². The first kappa shape index (κ1) is 15.1. The van der Waals surface area contributed by atoms with E-state index in [2.05, 4.69) is 30.7 Å². The second-order valence-corrected chi connectivity index (χ2v) is 5.74. The van der Waals surface area contributed by atoms with Gasteiger partial charge >= 0.3 is 6.18 Å². The fourth-order valence-corrected chi connectivity index (χ4v) is 2.90. The van der Waals surface area contributed by atoms with Crippen LogP contribution in [-0.2, 0) is 6.18 Å². The van der Waals surface area contributed by atoms with Gasteiger partial charge in [0.15, 0.2) is 5.69 Å². The van der Waals surface area contributed by atoms with Gasteiger partial charge in [-0.2, -0.15) is 13.2 Å². The van der Waals surface area contributed by atoms with Crippen molar-refractivity contribution in [1.82, 2.24) is 9.97 Å². The van der Waals surface area contributed by atoms with Gasteiger partial charge < -0.3 is 4.90 Å². The maximum Gasteiger partial charge on any atom is 0.434 e. The van der Waals surface area contributed by atoms with Crippen LogP contribution in [-0.4, -0.2) is 23.1 Å². The molecular formula is C14H20F3N3. The van der Waals surface area contributed by atoms with E-state index in [1.807, 2.05) is 4.90 Å². The Morgan fingerprint density at radius 1 is 1.25 bits per heavy atom. The first-order valence-corrected chi connectivity index (χ1v) is 6.97. The quantitative estimate of drug-likeness (QED) is 0.850. The van der Waals surface area contributed by atoms with Gasteiger partial charge in [0.25, 0.3) is 0 Å². The summed E-state index contributed by atoms with van der Waals surface area (Å²) < 4.78 is 37.4. The van der Waals surface area contributed by atoms with Crippen LogP contribution >= 0.6 is 0 Å². The standard InChI is InChI=1S/C14H20F3N3/c1-4-10-7-20(8-11(10)9(2)3)13-6-18-12(5-19-13)14(15,16)17/h5-6,9-11H,4,7-8H2,1-3H3/t10-,11-/m0/s1. The lowest BCUT2D eigenvalue weighted by atomic mass is 9.85. The van der Waals surface area contributed by atoms with E-state index in [0.717, 1.165) is 25.7 Å². The normalized spacial score (nSPS) is 23.6. The molecule has 0 N–H and O–H groups in total. The number of rotatable bonds is 3. The van der Waals surface area contributed by atoms with Crippen molar-refractivity contribution in [3.05, 3.63) is 18.1 Å². The molecule has 1 aromatic heterocycles. The maximum absolute atomic E-state index is 12.5. The Morgan fingerprint density at radius 2 is 1.95 bits per heavy atom. The highest BCUT2D eigenvalue weighted by Gasteiger charge is 2.36. The molecule has 2 heterocycles. The summed E-state index contributed by atoms with van der Waals surface area (Å²) in [5.41, 5.74) is -0.937. The number of aromatic nitrogens is 2. The van der Waals surface area contributed by atoms with Crippen LogP contribution in [0.3, 0.4) is 0 Å². The highest BCUT2D eigenvalue weighted by atomic mass is 19.4. The van der Waals surface area contributed by atoms with E-state index in [4.69, 9.17) is 0 Å². The molecule has 0 spiro atoms. The number of alkyl halides is 3. The van der Waals surface area contributed by atoms with E-state index in [1.54, 1.807) is 0 Å². The van der Waals surface area contributed by atoms with Crippen molar-refractivity contribution in [2.45, 2.75) is 33.4 Å². The largest absolute Gasteiger partial charge is 0.434 e. The minimum absolute atomic E-state index is 0.541. The molecule has 1 aliphatic rings. The van der Waals surface area contributed by atoms with Crippen LogP contribution in [0.1, 0.15) is 32.9 Å². The van der Waals surface area contributed by atoms with Gasteiger partial charge in [-0.15, -0.1) is 0 Å². The summed E-state index contributed by atoms with van der Waals surface area (Å²) in [7, 11) is 0. The van der Waals surface area contributed by atoms with Crippen LogP contribution in [0, 0.1) is 17.8 Å². The molecule has 2 rings (SSSR count). The van der Waals surface area contributed by atoms with Crippen LogP contribution in [0.25, 0.3) is 0 Å². The molecule has 0 aromatic carbocycles. The van der Waals surface area contributed by atoms with Crippen molar-refractivity contribution < 1.29 is 13.2 Å². The molecule has 0 radical (unpaired) electrons. The Hall–Kier alpha value is -1.33. The lowest BCUT2D eigenvalue weighted by Crippen LogP contribution is -2.22. The van der Waals surface area contributed by atoms with Gasteiger partial charge in [-0.3, -0.25) is 0 Å². The summed E-state index contributed by atoms with van der Waals surface area (Å²) in [5, 5.41) is 0. The minimum atomic E-state index is -4.43. The number of hydrogen-bond donors (Lipinski definition) is 0. The Balaban J connectivity index is 2.13. The fraction of sp³-hybridized carbons (Fsp3) is 0.714. The average molecular weight is 287 g/mol. The van der Waals surface area contributed by atoms with Crippen LogP contribution in [0.2, 0.25) is 0 Å². The zero-order valence-corrected chi connectivity index (χ0v) is 12.0. The number of halogens is 3. The molecule has 1 fully saturated rings. The topological polar surface area (TPSA) is 29.0 Å². The summed E-state index contributed by atoms with van der Waals surface area (Å²) >= 11 is 0. The molecule has 0 saturated carbocycles. The third-order valence-corrected chi connectivity index (χ3v) is 4.12. The molecule has 2 atom stereocenters. The monoisotopic (exact) mass is 287 g/mol. The Bertz CT molecular complexity index is 442. The highest BCUT2D eigenvalue weighted by molar-refractivity contribution is 5.38. The summed E-state index contributed by atoms with van der Waals surface area (Å²) in [6, 6.07) is 0. The minimum Gasteiger partial charge on any atom is -0.355 e. The number of hydrogen-bond acceptors (Lipinski definition) is 3. The highest BCUT2D eigenvalue weighted by Crippen LogP contribution is 2.34. The average Bonchev–Trinajstić information content (AvgIpc) is 2.82. The van der Waals surface area contributed by atoms with E-state index in [1.165, 1.54) is 6.20 Å². The van der Waals surface area contributed by atoms with Crippen molar-refractivity contribution in [2.75, 3.05) is 18.0 Å². The van der Waals surface area contributed by atoms with Crippen molar-refractivity contribution in [3.8, 4) is 0 Å². The molecule has 0 amide bonds. The molecule has 20 heavy (non-hydrogen) atoms. The summed E-state index contributed by atoms with van der Waals surface area (Å²) in [5.74, 6) is 2.23. The van der Waals surface area contributed by atoms with E-state index < -0.39 is 11.9 Å². The van der Waals surface area contributed by atoms with Crippen molar-refractivity contribution in [2.24, 2.45) is 17.8 Å². The number of anilines is 1. The molecule has 6 heteroatoms. The Kier molecular flexibility index (Phi) is 4.20. The summed E-state index contributed by atoms with van der Waals surface area (Å²) in [4.78, 5) is 9.47. The molecule has 0 unspecified atom stereocenters. The molecule has 1 aliphatic heterocycles. The van der Waals surface area contributed by atoms with Gasteiger partial charge in [0, 0.05) is 13.1 Å². The first-order valence-electron chi connectivity index (χ1n) is 6.97. The van der Waals surface area contributed by atoms with Crippen LogP contribution in [0.15, 0.2) is 12.4 Å². The van der Waals surface area contributed by atoms with Crippen molar-refractivity contribution >= 4 is 5.82 Å². The summed E-state index contributed by atoms with van der Waals surface area (Å²) in [6.07, 6.45) is -1.30. The van der Waals surface area contributed by atoms with Gasteiger partial charge in [0.05, 0.1) is 12.4 Å². The smallest absolute Gasteiger partial charge is 0.355 e. The van der Waals surface area contributed by atoms with Crippen molar-refractivity contribution in [3.63, 3.8) is 0 Å². The molecule has 1 aromatic rings. The molecule has 0 bridgehead atoms. The maximum atomic E-state index is 12.5. The Labute approximate surface area is 117 Å². The van der Waals surface area contributed by atoms with Gasteiger partial charge in [-0.05, 0) is 17.8 Å². The zero-order valence-electron chi connectivity index (χ0n) is 12.0. The third-order valence-electron chi connectivity index (χ3n) is 4.12. The molecule has 0 aliphatic carbocycles. The van der Waals surface area contributed by atoms with Gasteiger partial charge in [-0.25, -0.2) is 9.97 Å². The van der Waals surface area contributed by atoms with Gasteiger partial charge in [0.1, 0.15) is 5.82 Å². The molecular weight excluding hydrogens is 267 g/mol. The summed E-state index contributed by atoms with van der Waals surface area (Å²) in [6.45, 7) is 8.22. The van der Waals surface area contributed by atoms with E-state index >= 15 is 0 Å². The first-order chi connectivity index (χ1) is 9.32. The predicted molar refractivity (Wildman–Crippen MR) is 71.4 cm³/mol. The molecule has 112 valence electrons. The van der Waals surface area contributed by atoms with E-state index in [-0.39, 0.29) is 0 Å². The zero-order chi connectivity index (χ0) is 14.9. The fourth-order valence-electron chi connectivity index (χ4n) is 2.90.